The molecule has 2 N–H and O–H groups in total. The van der Waals surface area contributed by atoms with Crippen molar-refractivity contribution in [1.29, 1.82) is 0 Å². The summed E-state index contributed by atoms with van der Waals surface area (Å²) in [6.07, 6.45) is 9.00. The van der Waals surface area contributed by atoms with Crippen LogP contribution in [0.1, 0.15) is 18.4 Å². The first kappa shape index (κ1) is 16.5. The van der Waals surface area contributed by atoms with Crippen LogP contribution in [0.15, 0.2) is 49.2 Å². The third-order valence-electron chi connectivity index (χ3n) is 4.56. The van der Waals surface area contributed by atoms with Crippen LogP contribution in [0.3, 0.4) is 0 Å². The highest BCUT2D eigenvalue weighted by Gasteiger charge is 2.25. The van der Waals surface area contributed by atoms with Gasteiger partial charge in [-0.1, -0.05) is 0 Å². The standard InChI is InChI=1S/C18H21N7O/c26-12-15-3-1-7-24(15)17-10-16(21-13-22-17)20-11-14-4-6-19-18(9-14)25-8-2-5-23-25/h2,4-6,8-10,13,15,26H,1,3,7,11-12H2,(H,20,21,22). The molecule has 26 heavy (non-hydrogen) atoms. The fraction of sp³-hybridized carbons (Fsp3) is 0.333. The zero-order chi connectivity index (χ0) is 17.8. The van der Waals surface area contributed by atoms with Gasteiger partial charge in [0.15, 0.2) is 5.82 Å². The molecule has 1 aliphatic rings. The molecule has 0 aliphatic carbocycles. The average Bonchev–Trinajstić information content (AvgIpc) is 3.38. The summed E-state index contributed by atoms with van der Waals surface area (Å²) in [4.78, 5) is 15.2. The van der Waals surface area contributed by atoms with Gasteiger partial charge in [-0.05, 0) is 36.6 Å². The van der Waals surface area contributed by atoms with Gasteiger partial charge in [-0.25, -0.2) is 19.6 Å². The van der Waals surface area contributed by atoms with Gasteiger partial charge < -0.3 is 15.3 Å². The first-order chi connectivity index (χ1) is 12.8. The predicted molar refractivity (Wildman–Crippen MR) is 98.2 cm³/mol. The summed E-state index contributed by atoms with van der Waals surface area (Å²) in [5.41, 5.74) is 1.08. The molecule has 4 heterocycles. The highest BCUT2D eigenvalue weighted by molar-refractivity contribution is 5.50. The van der Waals surface area contributed by atoms with E-state index in [-0.39, 0.29) is 12.6 Å². The molecule has 0 radical (unpaired) electrons. The minimum atomic E-state index is 0.148. The Labute approximate surface area is 151 Å². The van der Waals surface area contributed by atoms with Crippen LogP contribution >= 0.6 is 0 Å². The van der Waals surface area contributed by atoms with Gasteiger partial charge in [0.05, 0.1) is 12.6 Å². The van der Waals surface area contributed by atoms with Gasteiger partial charge in [-0.3, -0.25) is 0 Å². The summed E-state index contributed by atoms with van der Waals surface area (Å²) in [6.45, 7) is 1.69. The average molecular weight is 351 g/mol. The van der Waals surface area contributed by atoms with E-state index in [0.29, 0.717) is 6.54 Å². The number of nitrogens with one attached hydrogen (secondary N) is 1. The van der Waals surface area contributed by atoms with Crippen molar-refractivity contribution in [3.8, 4) is 5.82 Å². The van der Waals surface area contributed by atoms with Crippen molar-refractivity contribution in [2.75, 3.05) is 23.4 Å². The molecule has 1 fully saturated rings. The summed E-state index contributed by atoms with van der Waals surface area (Å²) in [5.74, 6) is 2.39. The number of hydrogen-bond acceptors (Lipinski definition) is 7. The topological polar surface area (TPSA) is 92.0 Å². The van der Waals surface area contributed by atoms with Crippen molar-refractivity contribution in [2.45, 2.75) is 25.4 Å². The van der Waals surface area contributed by atoms with E-state index in [9.17, 15) is 5.11 Å². The molecule has 4 rings (SSSR count). The number of anilines is 2. The van der Waals surface area contributed by atoms with Gasteiger partial charge in [0.2, 0.25) is 0 Å². The largest absolute Gasteiger partial charge is 0.394 e. The van der Waals surface area contributed by atoms with E-state index in [1.54, 1.807) is 23.4 Å². The van der Waals surface area contributed by atoms with Gasteiger partial charge in [-0.2, -0.15) is 5.10 Å². The predicted octanol–water partition coefficient (Wildman–Crippen LogP) is 1.63. The van der Waals surface area contributed by atoms with Gasteiger partial charge in [0.1, 0.15) is 18.0 Å². The smallest absolute Gasteiger partial charge is 0.153 e. The number of hydrogen-bond donors (Lipinski definition) is 2. The summed E-state index contributed by atoms with van der Waals surface area (Å²) in [7, 11) is 0. The molecule has 3 aromatic rings. The molecule has 134 valence electrons. The zero-order valence-electron chi connectivity index (χ0n) is 14.4. The van der Waals surface area contributed by atoms with Crippen molar-refractivity contribution < 1.29 is 5.11 Å². The minimum Gasteiger partial charge on any atom is -0.394 e. The molecule has 0 bridgehead atoms. The molecule has 0 spiro atoms. The normalized spacial score (nSPS) is 16.8. The summed E-state index contributed by atoms with van der Waals surface area (Å²) < 4.78 is 1.73. The molecule has 1 aliphatic heterocycles. The van der Waals surface area contributed by atoms with Crippen molar-refractivity contribution in [3.63, 3.8) is 0 Å². The summed E-state index contributed by atoms with van der Waals surface area (Å²) in [5, 5.41) is 17.0. The molecule has 8 heteroatoms. The number of aromatic nitrogens is 5. The fourth-order valence-corrected chi connectivity index (χ4v) is 3.22. The number of nitrogens with zero attached hydrogens (tertiary/aromatic N) is 6. The molecule has 3 aromatic heterocycles. The van der Waals surface area contributed by atoms with Crippen LogP contribution in [0.2, 0.25) is 0 Å². The molecule has 8 nitrogen and oxygen atoms in total. The molecule has 1 saturated heterocycles. The van der Waals surface area contributed by atoms with Crippen LogP contribution in [0, 0.1) is 0 Å². The Morgan fingerprint density at radius 1 is 1.15 bits per heavy atom. The van der Waals surface area contributed by atoms with Crippen molar-refractivity contribution in [3.05, 3.63) is 54.7 Å². The molecule has 0 aromatic carbocycles. The Hall–Kier alpha value is -3.00. The minimum absolute atomic E-state index is 0.148. The molecule has 0 amide bonds. The maximum Gasteiger partial charge on any atom is 0.153 e. The van der Waals surface area contributed by atoms with E-state index in [2.05, 4.69) is 30.3 Å². The van der Waals surface area contributed by atoms with Crippen LogP contribution < -0.4 is 10.2 Å². The third kappa shape index (κ3) is 3.50. The lowest BCUT2D eigenvalue weighted by molar-refractivity contribution is 0.266. The van der Waals surface area contributed by atoms with Gasteiger partial charge in [0.25, 0.3) is 0 Å². The fourth-order valence-electron chi connectivity index (χ4n) is 3.22. The van der Waals surface area contributed by atoms with Crippen molar-refractivity contribution in [1.82, 2.24) is 24.7 Å². The van der Waals surface area contributed by atoms with E-state index in [0.717, 1.165) is 42.4 Å². The van der Waals surface area contributed by atoms with Crippen LogP contribution in [0.25, 0.3) is 5.82 Å². The van der Waals surface area contributed by atoms with E-state index in [4.69, 9.17) is 0 Å². The SMILES string of the molecule is OCC1CCCN1c1cc(NCc2ccnc(-n3cccn3)c2)ncn1. The molecule has 0 saturated carbocycles. The lowest BCUT2D eigenvalue weighted by atomic mass is 10.2. The van der Waals surface area contributed by atoms with Gasteiger partial charge in [-0.15, -0.1) is 0 Å². The number of rotatable bonds is 6. The Morgan fingerprint density at radius 3 is 2.96 bits per heavy atom. The van der Waals surface area contributed by atoms with E-state index < -0.39 is 0 Å². The van der Waals surface area contributed by atoms with Crippen molar-refractivity contribution >= 4 is 11.6 Å². The maximum atomic E-state index is 9.51. The quantitative estimate of drug-likeness (QED) is 0.697. The van der Waals surface area contributed by atoms with Crippen LogP contribution in [0.5, 0.6) is 0 Å². The Balaban J connectivity index is 1.45. The van der Waals surface area contributed by atoms with Crippen LogP contribution in [0.4, 0.5) is 11.6 Å². The lowest BCUT2D eigenvalue weighted by Gasteiger charge is -2.24. The highest BCUT2D eigenvalue weighted by atomic mass is 16.3. The number of aliphatic hydroxyl groups is 1. The number of pyridine rings is 1. The monoisotopic (exact) mass is 351 g/mol. The second kappa shape index (κ2) is 7.49. The summed E-state index contributed by atoms with van der Waals surface area (Å²) in [6, 6.07) is 7.90. The second-order valence-corrected chi connectivity index (χ2v) is 6.26. The maximum absolute atomic E-state index is 9.51. The molecule has 1 atom stereocenters. The van der Waals surface area contributed by atoms with Gasteiger partial charge in [0, 0.05) is 37.7 Å². The van der Waals surface area contributed by atoms with Crippen LogP contribution in [-0.4, -0.2) is 49.0 Å². The Bertz CT molecular complexity index is 852. The lowest BCUT2D eigenvalue weighted by Crippen LogP contribution is -2.32. The van der Waals surface area contributed by atoms with E-state index >= 15 is 0 Å². The van der Waals surface area contributed by atoms with Crippen molar-refractivity contribution in [2.24, 2.45) is 0 Å². The molecular weight excluding hydrogens is 330 g/mol. The Morgan fingerprint density at radius 2 is 2.12 bits per heavy atom. The first-order valence-electron chi connectivity index (χ1n) is 8.72. The summed E-state index contributed by atoms with van der Waals surface area (Å²) >= 11 is 0. The number of aliphatic hydroxyl groups excluding tert-OH is 1. The second-order valence-electron chi connectivity index (χ2n) is 6.26. The third-order valence-corrected chi connectivity index (χ3v) is 4.56. The molecule has 1 unspecified atom stereocenters. The van der Waals surface area contributed by atoms with Gasteiger partial charge >= 0.3 is 0 Å². The first-order valence-corrected chi connectivity index (χ1v) is 8.72. The van der Waals surface area contributed by atoms with E-state index in [1.807, 2.05) is 30.5 Å². The molecular formula is C18H21N7O. The zero-order valence-corrected chi connectivity index (χ0v) is 14.4. The van der Waals surface area contributed by atoms with Crippen LogP contribution in [-0.2, 0) is 6.54 Å². The highest BCUT2D eigenvalue weighted by Crippen LogP contribution is 2.24. The Kier molecular flexibility index (Phi) is 4.74. The van der Waals surface area contributed by atoms with E-state index in [1.165, 1.54) is 0 Å².